The number of nitrogens with zero attached hydrogens (tertiary/aromatic N) is 4. The Kier molecular flexibility index (Phi) is 11.7. The molecule has 0 aliphatic carbocycles. The summed E-state index contributed by atoms with van der Waals surface area (Å²) in [6.45, 7) is 1.50. The Hall–Kier alpha value is -3.08. The minimum absolute atomic E-state index is 0.00334. The quantitative estimate of drug-likeness (QED) is 0.178. The summed E-state index contributed by atoms with van der Waals surface area (Å²) in [6, 6.07) is 5.06. The fraction of sp³-hybridized carbons (Fsp3) is 0.360. The van der Waals surface area contributed by atoms with Crippen LogP contribution in [-0.4, -0.2) is 104 Å². The highest BCUT2D eigenvalue weighted by Gasteiger charge is 2.34. The molecule has 43 heavy (non-hydrogen) atoms. The van der Waals surface area contributed by atoms with Crippen LogP contribution >= 0.6 is 46.4 Å². The fourth-order valence-corrected chi connectivity index (χ4v) is 5.29. The Morgan fingerprint density at radius 3 is 1.53 bits per heavy atom. The summed E-state index contributed by atoms with van der Waals surface area (Å²) in [7, 11) is 4.17. The maximum Gasteiger partial charge on any atom is 0.411 e. The van der Waals surface area contributed by atoms with E-state index in [2.05, 4.69) is 20.1 Å². The fourth-order valence-electron chi connectivity index (χ4n) is 4.15. The normalized spacial score (nSPS) is 14.4. The first kappa shape index (κ1) is 34.4. The molecule has 0 atom stereocenters. The number of nitrogens with one attached hydrogen (secondary N) is 2. The predicted molar refractivity (Wildman–Crippen MR) is 161 cm³/mol. The van der Waals surface area contributed by atoms with Gasteiger partial charge in [-0.1, -0.05) is 46.4 Å². The molecule has 1 fully saturated rings. The summed E-state index contributed by atoms with van der Waals surface area (Å²) in [5, 5.41) is 26.5. The van der Waals surface area contributed by atoms with Crippen LogP contribution in [0.5, 0.6) is 0 Å². The molecule has 0 aromatic heterocycles. The van der Waals surface area contributed by atoms with Gasteiger partial charge in [0.15, 0.2) is 6.54 Å². The molecule has 0 unspecified atom stereocenters. The Labute approximate surface area is 266 Å². The molecule has 234 valence electrons. The van der Waals surface area contributed by atoms with Crippen molar-refractivity contribution >= 4 is 93.2 Å². The molecule has 0 spiro atoms. The third-order valence-electron chi connectivity index (χ3n) is 6.63. The van der Waals surface area contributed by atoms with Crippen molar-refractivity contribution in [1.29, 1.82) is 0 Å². The number of hydroxylamine groups is 2. The zero-order valence-corrected chi connectivity index (χ0v) is 26.2. The van der Waals surface area contributed by atoms with Crippen molar-refractivity contribution in [1.82, 2.24) is 4.90 Å². The number of quaternary nitrogens is 1. The van der Waals surface area contributed by atoms with E-state index in [0.29, 0.717) is 36.3 Å². The van der Waals surface area contributed by atoms with Gasteiger partial charge in [0.2, 0.25) is 0 Å². The minimum atomic E-state index is -0.796. The van der Waals surface area contributed by atoms with Crippen LogP contribution < -0.4 is 20.8 Å². The summed E-state index contributed by atoms with van der Waals surface area (Å²) in [6.07, 6.45) is -1.59. The second-order valence-corrected chi connectivity index (χ2v) is 11.3. The Bertz CT molecular complexity index is 1360. The molecule has 3 rings (SSSR count). The maximum atomic E-state index is 12.9. The van der Waals surface area contributed by atoms with Gasteiger partial charge in [-0.2, -0.15) is 10.1 Å². The summed E-state index contributed by atoms with van der Waals surface area (Å²) in [5.41, 5.74) is 0.118. The van der Waals surface area contributed by atoms with Crippen molar-refractivity contribution in [3.8, 4) is 0 Å². The van der Waals surface area contributed by atoms with E-state index < -0.39 is 24.0 Å². The summed E-state index contributed by atoms with van der Waals surface area (Å²) >= 11 is 24.7. The highest BCUT2D eigenvalue weighted by atomic mass is 35.5. The van der Waals surface area contributed by atoms with E-state index in [4.69, 9.17) is 46.4 Å². The van der Waals surface area contributed by atoms with Gasteiger partial charge in [0, 0.05) is 13.1 Å². The molecule has 0 saturated carbocycles. The van der Waals surface area contributed by atoms with Gasteiger partial charge in [-0.05, 0) is 24.3 Å². The summed E-state index contributed by atoms with van der Waals surface area (Å²) in [4.78, 5) is 50.5. The molecule has 4 N–H and O–H groups in total. The number of halogens is 4. The molecule has 1 heterocycles. The van der Waals surface area contributed by atoms with Gasteiger partial charge < -0.3 is 14.0 Å². The first-order valence-electron chi connectivity index (χ1n) is 12.5. The van der Waals surface area contributed by atoms with Crippen molar-refractivity contribution < 1.29 is 43.5 Å². The van der Waals surface area contributed by atoms with E-state index in [0.717, 1.165) is 0 Å². The number of anilines is 4. The molecular weight excluding hydrogens is 654 g/mol. The maximum absolute atomic E-state index is 12.9. The number of rotatable bonds is 8. The number of hydrogen-bond acceptors (Lipinski definition) is 9. The average Bonchev–Trinajstić information content (AvgIpc) is 2.96. The standard InChI is InChI=1S/C25H28Cl4N6O8/c1-35(13-21(37)34(41)15-10-18(28)23(19(29)11-15)31-25(39)43-3)6-4-32(5-7-35)12-20(36)33(40)14-8-16(26)22(17(27)9-14)30-24(38)42-2/h8-11,40-41H,4-7,12-13H2,1-3H3,(H-,30,31,38,39)/p+1. The monoisotopic (exact) mass is 681 g/mol. The van der Waals surface area contributed by atoms with E-state index in [1.165, 1.54) is 38.5 Å². The molecule has 1 aliphatic heterocycles. The van der Waals surface area contributed by atoms with Gasteiger partial charge in [-0.25, -0.2) is 9.59 Å². The van der Waals surface area contributed by atoms with Gasteiger partial charge in [-0.15, -0.1) is 0 Å². The second kappa shape index (κ2) is 14.6. The van der Waals surface area contributed by atoms with Crippen LogP contribution in [0.15, 0.2) is 24.3 Å². The lowest BCUT2D eigenvalue weighted by Gasteiger charge is -2.41. The van der Waals surface area contributed by atoms with Gasteiger partial charge >= 0.3 is 18.1 Å². The van der Waals surface area contributed by atoms with E-state index in [1.807, 2.05) is 7.05 Å². The molecule has 2 aromatic rings. The number of benzene rings is 2. The van der Waals surface area contributed by atoms with Crippen LogP contribution in [0.4, 0.5) is 32.3 Å². The van der Waals surface area contributed by atoms with Gasteiger partial charge in [0.25, 0.3) is 5.91 Å². The van der Waals surface area contributed by atoms with Crippen LogP contribution in [0, 0.1) is 0 Å². The van der Waals surface area contributed by atoms with E-state index in [9.17, 15) is 29.6 Å². The number of carbonyl (C=O) groups excluding carboxylic acids is 4. The molecule has 1 saturated heterocycles. The van der Waals surface area contributed by atoms with Crippen molar-refractivity contribution in [2.24, 2.45) is 0 Å². The van der Waals surface area contributed by atoms with E-state index >= 15 is 0 Å². The smallest absolute Gasteiger partial charge is 0.411 e. The van der Waals surface area contributed by atoms with Crippen molar-refractivity contribution in [2.45, 2.75) is 0 Å². The lowest BCUT2D eigenvalue weighted by molar-refractivity contribution is -0.906. The van der Waals surface area contributed by atoms with Crippen LogP contribution in [0.3, 0.4) is 0 Å². The lowest BCUT2D eigenvalue weighted by Crippen LogP contribution is -2.61. The highest BCUT2D eigenvalue weighted by molar-refractivity contribution is 6.41. The Morgan fingerprint density at radius 2 is 1.16 bits per heavy atom. The van der Waals surface area contributed by atoms with Gasteiger partial charge in [0.05, 0.1) is 83.7 Å². The van der Waals surface area contributed by atoms with E-state index in [1.54, 1.807) is 4.90 Å². The second-order valence-electron chi connectivity index (χ2n) is 9.71. The molecule has 18 heteroatoms. The number of ether oxygens (including phenoxy) is 2. The Morgan fingerprint density at radius 1 is 0.791 bits per heavy atom. The molecule has 14 nitrogen and oxygen atoms in total. The van der Waals surface area contributed by atoms with Crippen molar-refractivity contribution in [3.05, 3.63) is 44.4 Å². The average molecular weight is 683 g/mol. The molecule has 2 aromatic carbocycles. The SMILES string of the molecule is COC(=O)Nc1c(Cl)cc(N(O)C(=O)CN2CC[N+](C)(CC(=O)N(O)c3cc(Cl)c(NC(=O)OC)c(Cl)c3)CC2)cc1Cl. The summed E-state index contributed by atoms with van der Waals surface area (Å²) < 4.78 is 9.29. The van der Waals surface area contributed by atoms with Crippen LogP contribution in [-0.2, 0) is 19.1 Å². The zero-order valence-electron chi connectivity index (χ0n) is 23.2. The number of carbonyl (C=O) groups is 4. The minimum Gasteiger partial charge on any atom is -0.453 e. The number of methoxy groups -OCH3 is 2. The van der Waals surface area contributed by atoms with Crippen LogP contribution in [0.2, 0.25) is 20.1 Å². The molecule has 0 bridgehead atoms. The number of likely N-dealkylation sites (N-methyl/N-ethyl adjacent to an activating group) is 1. The van der Waals surface area contributed by atoms with E-state index in [-0.39, 0.29) is 60.4 Å². The largest absolute Gasteiger partial charge is 0.453 e. The lowest BCUT2D eigenvalue weighted by atomic mass is 10.2. The number of amides is 4. The highest BCUT2D eigenvalue weighted by Crippen LogP contribution is 2.36. The third kappa shape index (κ3) is 8.74. The zero-order chi connectivity index (χ0) is 32.1. The molecule has 4 amide bonds. The third-order valence-corrected chi connectivity index (χ3v) is 7.82. The molecule has 1 aliphatic rings. The number of hydrogen-bond donors (Lipinski definition) is 4. The predicted octanol–water partition coefficient (Wildman–Crippen LogP) is 4.56. The van der Waals surface area contributed by atoms with Crippen LogP contribution in [0.1, 0.15) is 0 Å². The number of piperazine rings is 1. The van der Waals surface area contributed by atoms with Crippen molar-refractivity contribution in [3.63, 3.8) is 0 Å². The Balaban J connectivity index is 1.57. The topological polar surface area (TPSA) is 161 Å². The molecular formula is C25H29Cl4N6O8+. The van der Waals surface area contributed by atoms with Gasteiger partial charge in [0.1, 0.15) is 0 Å². The van der Waals surface area contributed by atoms with Crippen LogP contribution in [0.25, 0.3) is 0 Å². The first-order chi connectivity index (χ1) is 20.2. The summed E-state index contributed by atoms with van der Waals surface area (Å²) in [5.74, 6) is -1.29. The van der Waals surface area contributed by atoms with Crippen molar-refractivity contribution in [2.75, 3.05) is 81.3 Å². The first-order valence-corrected chi connectivity index (χ1v) is 14.0. The van der Waals surface area contributed by atoms with Gasteiger partial charge in [-0.3, -0.25) is 35.5 Å². The molecule has 0 radical (unpaired) electrons.